The number of carbonyl (C=O) groups is 4. The van der Waals surface area contributed by atoms with Crippen molar-refractivity contribution < 1.29 is 44.0 Å². The number of rotatable bonds is 6. The van der Waals surface area contributed by atoms with E-state index in [9.17, 15) is 39.6 Å². The maximum atomic E-state index is 15.5. The monoisotopic (exact) mass is 560 g/mol. The molecule has 0 bridgehead atoms. The molecule has 40 heavy (non-hydrogen) atoms. The van der Waals surface area contributed by atoms with Crippen LogP contribution in [0.15, 0.2) is 23.0 Å². The highest BCUT2D eigenvalue weighted by atomic mass is 19.1. The third kappa shape index (κ3) is 4.07. The van der Waals surface area contributed by atoms with Gasteiger partial charge in [0.05, 0.1) is 23.8 Å². The largest absolute Gasteiger partial charge is 0.508 e. The molecule has 2 amide bonds. The first-order valence-corrected chi connectivity index (χ1v) is 12.7. The van der Waals surface area contributed by atoms with Crippen LogP contribution in [0.2, 0.25) is 0 Å². The molecule has 0 aromatic heterocycles. The number of phenolic OH excluding ortho intramolecular Hbond substituents is 1. The Morgan fingerprint density at radius 1 is 1.20 bits per heavy atom. The van der Waals surface area contributed by atoms with Crippen molar-refractivity contribution in [3.8, 4) is 5.75 Å². The lowest BCUT2D eigenvalue weighted by Crippen LogP contribution is -2.67. The smallest absolute Gasteiger partial charge is 0.255 e. The number of primary amides is 1. The van der Waals surface area contributed by atoms with Crippen molar-refractivity contribution in [1.82, 2.24) is 9.80 Å². The van der Waals surface area contributed by atoms with E-state index in [0.717, 1.165) is 6.07 Å². The van der Waals surface area contributed by atoms with E-state index in [4.69, 9.17) is 5.73 Å². The Balaban J connectivity index is 1.92. The van der Waals surface area contributed by atoms with Gasteiger partial charge in [0.2, 0.25) is 11.7 Å². The molecule has 7 N–H and O–H groups in total. The van der Waals surface area contributed by atoms with Gasteiger partial charge in [-0.15, -0.1) is 0 Å². The number of nitrogens with zero attached hydrogens (tertiary/aromatic N) is 2. The zero-order valence-corrected chi connectivity index (χ0v) is 22.8. The Labute approximate surface area is 229 Å². The van der Waals surface area contributed by atoms with Gasteiger partial charge in [-0.3, -0.25) is 29.0 Å². The topological polar surface area (TPSA) is 194 Å². The van der Waals surface area contributed by atoms with Gasteiger partial charge in [0.25, 0.3) is 5.91 Å². The first kappa shape index (κ1) is 29.2. The summed E-state index contributed by atoms with van der Waals surface area (Å²) in [6, 6.07) is -0.340. The standard InChI is InChI=1S/C27H33FN4O8/c1-6-32(5)10-15(33)30-14-7-13(28)11-8-26(2)9-12-19(31(3)4)22(36)17(25(29)39)23(37)27(12,40)24(38)18(26)21(35)16(11)20(14)34/h7,12,19,34-35,37,40H,6,8-10H2,1-5H3,(H2,29,39)(H,30,33)/t12-,19-,26-,27+/m0/s1. The summed E-state index contributed by atoms with van der Waals surface area (Å²) in [5.74, 6) is -8.93. The molecule has 0 saturated heterocycles. The van der Waals surface area contributed by atoms with Crippen molar-refractivity contribution in [2.75, 3.05) is 39.5 Å². The highest BCUT2D eigenvalue weighted by Gasteiger charge is 2.66. The van der Waals surface area contributed by atoms with Gasteiger partial charge in [-0.2, -0.15) is 0 Å². The van der Waals surface area contributed by atoms with E-state index < -0.39 is 86.2 Å². The third-order valence-electron chi connectivity index (χ3n) is 8.30. The van der Waals surface area contributed by atoms with Gasteiger partial charge < -0.3 is 31.5 Å². The summed E-state index contributed by atoms with van der Waals surface area (Å²) in [6.45, 7) is 3.85. The van der Waals surface area contributed by atoms with Gasteiger partial charge in [-0.1, -0.05) is 13.8 Å². The molecule has 3 aliphatic rings. The number of aromatic hydroxyl groups is 1. The van der Waals surface area contributed by atoms with Crippen LogP contribution in [-0.4, -0.2) is 99.5 Å². The van der Waals surface area contributed by atoms with Crippen molar-refractivity contribution in [3.05, 3.63) is 39.9 Å². The molecule has 1 saturated carbocycles. The van der Waals surface area contributed by atoms with E-state index in [1.807, 2.05) is 6.92 Å². The van der Waals surface area contributed by atoms with Crippen LogP contribution in [0.3, 0.4) is 0 Å². The highest BCUT2D eigenvalue weighted by Crippen LogP contribution is 2.58. The number of Topliss-reactive ketones (excluding diaryl/α,β-unsaturated/α-hetero) is 2. The number of aliphatic hydroxyl groups excluding tert-OH is 2. The van der Waals surface area contributed by atoms with E-state index in [2.05, 4.69) is 5.32 Å². The number of aliphatic hydroxyl groups is 3. The average Bonchev–Trinajstić information content (AvgIpc) is 2.83. The highest BCUT2D eigenvalue weighted by molar-refractivity contribution is 6.24. The van der Waals surface area contributed by atoms with Crippen molar-refractivity contribution in [2.24, 2.45) is 17.1 Å². The number of ketones is 2. The summed E-state index contributed by atoms with van der Waals surface area (Å²) in [5, 5.41) is 47.4. The van der Waals surface area contributed by atoms with Gasteiger partial charge in [0, 0.05) is 28.5 Å². The van der Waals surface area contributed by atoms with Crippen LogP contribution in [0, 0.1) is 17.2 Å². The second-order valence-corrected chi connectivity index (χ2v) is 11.2. The molecule has 1 aromatic carbocycles. The summed E-state index contributed by atoms with van der Waals surface area (Å²) in [4.78, 5) is 54.8. The van der Waals surface area contributed by atoms with Gasteiger partial charge in [0.15, 0.2) is 17.1 Å². The second kappa shape index (κ2) is 9.68. The lowest BCUT2D eigenvalue weighted by molar-refractivity contribution is -0.156. The summed E-state index contributed by atoms with van der Waals surface area (Å²) in [7, 11) is 4.66. The van der Waals surface area contributed by atoms with Crippen LogP contribution in [0.5, 0.6) is 5.75 Å². The number of hydrogen-bond acceptors (Lipinski definition) is 10. The Kier molecular flexibility index (Phi) is 7.06. The van der Waals surface area contributed by atoms with Crippen LogP contribution in [-0.2, 0) is 25.6 Å². The molecule has 0 aliphatic heterocycles. The van der Waals surface area contributed by atoms with Crippen LogP contribution in [0.1, 0.15) is 31.4 Å². The average molecular weight is 561 g/mol. The first-order valence-electron chi connectivity index (χ1n) is 12.7. The number of nitrogens with one attached hydrogen (secondary N) is 1. The van der Waals surface area contributed by atoms with E-state index >= 15 is 4.39 Å². The maximum absolute atomic E-state index is 15.5. The molecule has 0 heterocycles. The molecule has 216 valence electrons. The summed E-state index contributed by atoms with van der Waals surface area (Å²) < 4.78 is 15.5. The quantitative estimate of drug-likeness (QED) is 0.209. The number of amides is 2. The van der Waals surface area contributed by atoms with E-state index in [0.29, 0.717) is 6.54 Å². The maximum Gasteiger partial charge on any atom is 0.255 e. The molecule has 4 atom stereocenters. The van der Waals surface area contributed by atoms with E-state index in [1.54, 1.807) is 11.9 Å². The fraction of sp³-hybridized carbons (Fsp3) is 0.481. The van der Waals surface area contributed by atoms with Gasteiger partial charge >= 0.3 is 0 Å². The zero-order chi connectivity index (χ0) is 30.1. The number of halogens is 1. The minimum absolute atomic E-state index is 0.0632. The van der Waals surface area contributed by atoms with Crippen molar-refractivity contribution in [1.29, 1.82) is 0 Å². The lowest BCUT2D eigenvalue weighted by Gasteiger charge is -2.53. The Hall–Kier alpha value is -3.81. The number of nitrogens with two attached hydrogens (primary N) is 1. The molecule has 13 heteroatoms. The molecular formula is C27H33FN4O8. The van der Waals surface area contributed by atoms with Crippen LogP contribution < -0.4 is 11.1 Å². The first-order chi connectivity index (χ1) is 18.5. The van der Waals surface area contributed by atoms with E-state index in [-0.39, 0.29) is 30.6 Å². The second-order valence-electron chi connectivity index (χ2n) is 11.2. The Morgan fingerprint density at radius 2 is 1.82 bits per heavy atom. The molecule has 0 spiro atoms. The van der Waals surface area contributed by atoms with Crippen molar-refractivity contribution >= 4 is 34.8 Å². The fourth-order valence-corrected chi connectivity index (χ4v) is 6.28. The minimum Gasteiger partial charge on any atom is -0.508 e. The van der Waals surface area contributed by atoms with Crippen molar-refractivity contribution in [3.63, 3.8) is 0 Å². The number of benzene rings is 1. The molecule has 1 fully saturated rings. The van der Waals surface area contributed by atoms with Crippen LogP contribution >= 0.6 is 0 Å². The SMILES string of the molecule is CCN(C)CC(=O)Nc1cc(F)c2c(c1O)C(O)=C1C(=O)[C@]3(O)C(O)=C(C(N)=O)C(=O)[C@@H](N(C)C)[C@@H]3C[C@]1(C)C2. The third-order valence-corrected chi connectivity index (χ3v) is 8.30. The summed E-state index contributed by atoms with van der Waals surface area (Å²) >= 11 is 0. The molecule has 12 nitrogen and oxygen atoms in total. The molecular weight excluding hydrogens is 527 g/mol. The minimum atomic E-state index is -2.82. The number of likely N-dealkylation sites (N-methyl/N-ethyl adjacent to an activating group) is 2. The number of phenols is 1. The van der Waals surface area contributed by atoms with Gasteiger partial charge in [-0.05, 0) is 40.5 Å². The molecule has 4 rings (SSSR count). The number of fused-ring (bicyclic) bond motifs is 3. The number of carbonyl (C=O) groups excluding carboxylic acids is 4. The lowest BCUT2D eigenvalue weighted by atomic mass is 9.52. The summed E-state index contributed by atoms with van der Waals surface area (Å²) in [6.07, 6.45) is -0.422. The molecule has 3 aliphatic carbocycles. The fourth-order valence-electron chi connectivity index (χ4n) is 6.28. The Morgan fingerprint density at radius 3 is 2.38 bits per heavy atom. The van der Waals surface area contributed by atoms with Crippen molar-refractivity contribution in [2.45, 2.75) is 38.3 Å². The Bertz CT molecular complexity index is 1420. The molecule has 0 unspecified atom stereocenters. The molecule has 1 aromatic rings. The predicted molar refractivity (Wildman–Crippen MR) is 141 cm³/mol. The zero-order valence-electron chi connectivity index (χ0n) is 22.8. The van der Waals surface area contributed by atoms with Gasteiger partial charge in [-0.25, -0.2) is 4.39 Å². The van der Waals surface area contributed by atoms with Crippen LogP contribution in [0.4, 0.5) is 10.1 Å². The van der Waals surface area contributed by atoms with Gasteiger partial charge in [0.1, 0.15) is 22.9 Å². The van der Waals surface area contributed by atoms with E-state index in [1.165, 1.54) is 25.9 Å². The number of anilines is 1. The summed E-state index contributed by atoms with van der Waals surface area (Å²) in [5.41, 5.74) is -1.13. The normalized spacial score (nSPS) is 28.0. The van der Waals surface area contributed by atoms with Crippen LogP contribution in [0.25, 0.3) is 5.76 Å². The molecule has 0 radical (unpaired) electrons. The predicted octanol–water partition coefficient (Wildman–Crippen LogP) is 0.383. The number of hydrogen-bond donors (Lipinski definition) is 6.